The van der Waals surface area contributed by atoms with E-state index < -0.39 is 5.54 Å². The van der Waals surface area contributed by atoms with Gasteiger partial charge in [-0.1, -0.05) is 39.2 Å². The fourth-order valence-corrected chi connectivity index (χ4v) is 3.51. The highest BCUT2D eigenvalue weighted by atomic mass is 32.1. The molecule has 1 unspecified atom stereocenters. The summed E-state index contributed by atoms with van der Waals surface area (Å²) >= 11 is 5.23. The van der Waals surface area contributed by atoms with Gasteiger partial charge in [-0.3, -0.25) is 9.69 Å². The highest BCUT2D eigenvalue weighted by Gasteiger charge is 2.55. The molecule has 2 aliphatic rings. The van der Waals surface area contributed by atoms with E-state index in [1.165, 1.54) is 4.90 Å². The zero-order chi connectivity index (χ0) is 14.4. The molecule has 2 rings (SSSR count). The molecule has 1 saturated heterocycles. The van der Waals surface area contributed by atoms with Crippen LogP contribution in [0.2, 0.25) is 0 Å². The Labute approximate surface area is 120 Å². The van der Waals surface area contributed by atoms with E-state index in [2.05, 4.69) is 32.3 Å². The number of carbonyl (C=O) groups is 1. The Hall–Kier alpha value is -1.42. The molecule has 4 heteroatoms. The number of allylic oxidation sites excluding steroid dienone is 2. The summed E-state index contributed by atoms with van der Waals surface area (Å²) in [5.41, 5.74) is 1.24. The maximum absolute atomic E-state index is 12.7. The lowest BCUT2D eigenvalue weighted by molar-refractivity contribution is -0.130. The molecule has 1 spiro atoms. The Kier molecular flexibility index (Phi) is 3.17. The summed E-state index contributed by atoms with van der Waals surface area (Å²) in [4.78, 5) is 14.2. The molecule has 0 aromatic heterocycles. The highest BCUT2D eigenvalue weighted by molar-refractivity contribution is 7.80. The summed E-state index contributed by atoms with van der Waals surface area (Å²) in [5.74, 6) is -0.000440. The second-order valence-electron chi connectivity index (χ2n) is 6.06. The summed E-state index contributed by atoms with van der Waals surface area (Å²) in [7, 11) is 1.71. The van der Waals surface area contributed by atoms with Crippen LogP contribution in [0.25, 0.3) is 0 Å². The lowest BCUT2D eigenvalue weighted by Gasteiger charge is -2.42. The number of hydrogen-bond donors (Lipinski definition) is 1. The van der Waals surface area contributed by atoms with Crippen molar-refractivity contribution in [1.29, 1.82) is 0 Å². The van der Waals surface area contributed by atoms with Crippen molar-refractivity contribution in [1.82, 2.24) is 10.2 Å². The van der Waals surface area contributed by atoms with Gasteiger partial charge in [0.15, 0.2) is 5.11 Å². The van der Waals surface area contributed by atoms with Gasteiger partial charge in [0.1, 0.15) is 5.54 Å². The summed E-state index contributed by atoms with van der Waals surface area (Å²) in [5, 5.41) is 3.70. The molecule has 1 aliphatic heterocycles. The van der Waals surface area contributed by atoms with E-state index in [4.69, 9.17) is 12.2 Å². The van der Waals surface area contributed by atoms with Crippen molar-refractivity contribution in [2.24, 2.45) is 5.41 Å². The number of thiocarbonyl (C=S) groups is 1. The maximum atomic E-state index is 12.7. The summed E-state index contributed by atoms with van der Waals surface area (Å²) in [6.45, 7) is 12.1. The normalized spacial score (nSPS) is 29.7. The molecule has 19 heavy (non-hydrogen) atoms. The van der Waals surface area contributed by atoms with Crippen LogP contribution in [0, 0.1) is 5.41 Å². The largest absolute Gasteiger partial charge is 0.344 e. The van der Waals surface area contributed by atoms with Crippen LogP contribution in [0.5, 0.6) is 0 Å². The fraction of sp³-hybridized carbons (Fsp3) is 0.467. The summed E-state index contributed by atoms with van der Waals surface area (Å²) in [6, 6.07) is 0. The Bertz CT molecular complexity index is 518. The Balaban J connectivity index is 2.66. The van der Waals surface area contributed by atoms with Crippen LogP contribution < -0.4 is 5.32 Å². The average Bonchev–Trinajstić information content (AvgIpc) is 2.53. The van der Waals surface area contributed by atoms with Gasteiger partial charge in [-0.25, -0.2) is 0 Å². The molecule has 0 bridgehead atoms. The fourth-order valence-electron chi connectivity index (χ4n) is 3.25. The van der Waals surface area contributed by atoms with Crippen molar-refractivity contribution < 1.29 is 4.79 Å². The van der Waals surface area contributed by atoms with Gasteiger partial charge in [0.2, 0.25) is 0 Å². The SMILES string of the molecule is C=CC1=C(C=C)C2(CC(C)(C)C1)NC(=S)N(C)C2=O. The number of nitrogens with one attached hydrogen (secondary N) is 1. The number of carbonyl (C=O) groups excluding carboxylic acids is 1. The van der Waals surface area contributed by atoms with Crippen molar-refractivity contribution in [2.75, 3.05) is 7.05 Å². The Morgan fingerprint density at radius 3 is 2.42 bits per heavy atom. The number of likely N-dealkylation sites (N-methyl/N-ethyl adjacent to an activating group) is 1. The molecule has 0 aromatic carbocycles. The molecular formula is C15H20N2OS. The first-order valence-corrected chi connectivity index (χ1v) is 6.77. The van der Waals surface area contributed by atoms with Crippen LogP contribution in [0.15, 0.2) is 36.5 Å². The number of amides is 1. The van der Waals surface area contributed by atoms with Crippen LogP contribution in [0.1, 0.15) is 26.7 Å². The molecule has 3 nitrogen and oxygen atoms in total. The standard InChI is InChI=1S/C15H20N2OS/c1-6-10-8-14(3,4)9-15(11(10)7-2)12(18)17(5)13(19)16-15/h6-7H,1-2,8-9H2,3-5H3,(H,16,19). The molecule has 1 heterocycles. The summed E-state index contributed by atoms with van der Waals surface area (Å²) < 4.78 is 0. The van der Waals surface area contributed by atoms with E-state index in [1.54, 1.807) is 13.1 Å². The van der Waals surface area contributed by atoms with Gasteiger partial charge in [-0.15, -0.1) is 0 Å². The lowest BCUT2D eigenvalue weighted by atomic mass is 9.65. The molecule has 1 fully saturated rings. The van der Waals surface area contributed by atoms with Gasteiger partial charge >= 0.3 is 0 Å². The Morgan fingerprint density at radius 1 is 1.37 bits per heavy atom. The van der Waals surface area contributed by atoms with Gasteiger partial charge in [-0.2, -0.15) is 0 Å². The first-order valence-electron chi connectivity index (χ1n) is 6.36. The zero-order valence-electron chi connectivity index (χ0n) is 11.7. The van der Waals surface area contributed by atoms with Crippen molar-refractivity contribution in [3.8, 4) is 0 Å². The number of rotatable bonds is 2. The predicted octanol–water partition coefficient (Wildman–Crippen LogP) is 2.56. The second kappa shape index (κ2) is 4.30. The quantitative estimate of drug-likeness (QED) is 0.787. The van der Waals surface area contributed by atoms with E-state index in [1.807, 2.05) is 6.08 Å². The summed E-state index contributed by atoms with van der Waals surface area (Å²) in [6.07, 6.45) is 5.20. The Morgan fingerprint density at radius 2 is 2.00 bits per heavy atom. The highest BCUT2D eigenvalue weighted by Crippen LogP contribution is 2.47. The van der Waals surface area contributed by atoms with Crippen LogP contribution in [-0.4, -0.2) is 28.5 Å². The van der Waals surface area contributed by atoms with E-state index in [0.717, 1.165) is 17.6 Å². The van der Waals surface area contributed by atoms with Gasteiger partial charge < -0.3 is 5.32 Å². The van der Waals surface area contributed by atoms with Gasteiger partial charge in [-0.05, 0) is 41.6 Å². The van der Waals surface area contributed by atoms with Crippen LogP contribution >= 0.6 is 12.2 Å². The maximum Gasteiger partial charge on any atom is 0.258 e. The molecule has 1 N–H and O–H groups in total. The molecular weight excluding hydrogens is 256 g/mol. The minimum Gasteiger partial charge on any atom is -0.344 e. The molecule has 1 atom stereocenters. The van der Waals surface area contributed by atoms with Crippen molar-refractivity contribution in [3.63, 3.8) is 0 Å². The third-order valence-electron chi connectivity index (χ3n) is 3.96. The molecule has 0 radical (unpaired) electrons. The second-order valence-corrected chi connectivity index (χ2v) is 6.45. The minimum absolute atomic E-state index is 0.000440. The minimum atomic E-state index is -0.765. The third kappa shape index (κ3) is 1.94. The molecule has 1 aliphatic carbocycles. The van der Waals surface area contributed by atoms with Crippen LogP contribution in [0.4, 0.5) is 0 Å². The zero-order valence-corrected chi connectivity index (χ0v) is 12.6. The van der Waals surface area contributed by atoms with E-state index in [0.29, 0.717) is 11.5 Å². The van der Waals surface area contributed by atoms with E-state index >= 15 is 0 Å². The molecule has 102 valence electrons. The molecule has 0 aromatic rings. The monoisotopic (exact) mass is 276 g/mol. The van der Waals surface area contributed by atoms with Crippen molar-refractivity contribution in [2.45, 2.75) is 32.2 Å². The van der Waals surface area contributed by atoms with Crippen molar-refractivity contribution >= 4 is 23.2 Å². The van der Waals surface area contributed by atoms with E-state index in [-0.39, 0.29) is 11.3 Å². The third-order valence-corrected chi connectivity index (χ3v) is 4.34. The lowest BCUT2D eigenvalue weighted by Crippen LogP contribution is -2.53. The smallest absolute Gasteiger partial charge is 0.258 e. The molecule has 0 saturated carbocycles. The van der Waals surface area contributed by atoms with Crippen molar-refractivity contribution in [3.05, 3.63) is 36.5 Å². The first-order chi connectivity index (χ1) is 8.77. The number of nitrogens with zero attached hydrogens (tertiary/aromatic N) is 1. The number of hydrogen-bond acceptors (Lipinski definition) is 2. The van der Waals surface area contributed by atoms with E-state index in [9.17, 15) is 4.79 Å². The van der Waals surface area contributed by atoms with Crippen LogP contribution in [-0.2, 0) is 4.79 Å². The molecule has 1 amide bonds. The topological polar surface area (TPSA) is 32.3 Å². The average molecular weight is 276 g/mol. The first kappa shape index (κ1) is 14.0. The predicted molar refractivity (Wildman–Crippen MR) is 81.7 cm³/mol. The van der Waals surface area contributed by atoms with Gasteiger partial charge in [0, 0.05) is 7.05 Å². The van der Waals surface area contributed by atoms with Crippen LogP contribution in [0.3, 0.4) is 0 Å². The van der Waals surface area contributed by atoms with Gasteiger partial charge in [0.05, 0.1) is 0 Å². The van der Waals surface area contributed by atoms with Gasteiger partial charge in [0.25, 0.3) is 5.91 Å².